The van der Waals surface area contributed by atoms with Gasteiger partial charge < -0.3 is 23.8 Å². The van der Waals surface area contributed by atoms with E-state index >= 15 is 4.39 Å². The number of nitrogens with one attached hydrogen (secondary N) is 1. The van der Waals surface area contributed by atoms with Crippen LogP contribution in [0.5, 0.6) is 5.75 Å². The van der Waals surface area contributed by atoms with Crippen molar-refractivity contribution in [2.75, 3.05) is 33.2 Å². The fraction of sp³-hybridized carbons (Fsp3) is 0.129. The van der Waals surface area contributed by atoms with Crippen LogP contribution < -0.4 is 15.0 Å². The summed E-state index contributed by atoms with van der Waals surface area (Å²) in [5, 5.41) is 3.17. The third kappa shape index (κ3) is 4.43. The third-order valence-electron chi connectivity index (χ3n) is 6.80. The number of fused-ring (bicyclic) bond motifs is 2. The Morgan fingerprint density at radius 1 is 0.976 bits per heavy atom. The topological polar surface area (TPSA) is 93.6 Å². The van der Waals surface area contributed by atoms with Crippen LogP contribution in [0.4, 0.5) is 14.5 Å². The number of ether oxygens (including phenoxy) is 1. The van der Waals surface area contributed by atoms with Crippen molar-refractivity contribution in [3.63, 3.8) is 0 Å². The average Bonchev–Trinajstić information content (AvgIpc) is 3.57. The fourth-order valence-electron chi connectivity index (χ4n) is 4.89. The predicted molar refractivity (Wildman–Crippen MR) is 152 cm³/mol. The first-order valence-corrected chi connectivity index (χ1v) is 12.6. The van der Waals surface area contributed by atoms with Crippen LogP contribution in [0.25, 0.3) is 56.1 Å². The van der Waals surface area contributed by atoms with Crippen LogP contribution in [0, 0.1) is 11.6 Å². The first-order chi connectivity index (χ1) is 19.8. The molecule has 3 aromatic carbocycles. The molecule has 3 heterocycles. The van der Waals surface area contributed by atoms with E-state index in [2.05, 4.69) is 15.3 Å². The van der Waals surface area contributed by atoms with E-state index in [4.69, 9.17) is 13.6 Å². The molecule has 8 nitrogen and oxygen atoms in total. The minimum atomic E-state index is -0.620. The predicted octanol–water partition coefficient (Wildman–Crippen LogP) is 6.68. The van der Waals surface area contributed by atoms with Crippen LogP contribution in [-0.4, -0.2) is 44.1 Å². The molecule has 1 amide bonds. The number of hydrogen-bond donors (Lipinski definition) is 1. The molecule has 6 rings (SSSR count). The number of methoxy groups -OCH3 is 1. The SMILES string of the molecule is CNC(=O)c1c(-c2ccc(F)cc2)oc2cc(N(C)C)c(-c3cc(F)c(OC)c(-c4nc5cccnc5o4)c3)cc12. The summed E-state index contributed by atoms with van der Waals surface area (Å²) in [5.41, 5.74) is 4.21. The lowest BCUT2D eigenvalue weighted by molar-refractivity contribution is 0.0964. The molecule has 0 saturated heterocycles. The van der Waals surface area contributed by atoms with E-state index in [-0.39, 0.29) is 23.1 Å². The number of hydrogen-bond acceptors (Lipinski definition) is 7. The largest absolute Gasteiger partial charge is 0.493 e. The van der Waals surface area contributed by atoms with Crippen molar-refractivity contribution >= 4 is 33.8 Å². The molecule has 0 fully saturated rings. The van der Waals surface area contributed by atoms with Gasteiger partial charge in [0.05, 0.1) is 18.2 Å². The van der Waals surface area contributed by atoms with Gasteiger partial charge >= 0.3 is 0 Å². The van der Waals surface area contributed by atoms with Crippen molar-refractivity contribution in [3.05, 3.63) is 84.1 Å². The summed E-state index contributed by atoms with van der Waals surface area (Å²) >= 11 is 0. The first kappa shape index (κ1) is 26.0. The Labute approximate surface area is 233 Å². The highest BCUT2D eigenvalue weighted by atomic mass is 19.1. The van der Waals surface area contributed by atoms with Crippen molar-refractivity contribution in [1.29, 1.82) is 0 Å². The lowest BCUT2D eigenvalue weighted by Gasteiger charge is -2.19. The number of oxazole rings is 1. The molecule has 0 aliphatic heterocycles. The fourth-order valence-corrected chi connectivity index (χ4v) is 4.89. The second-order valence-electron chi connectivity index (χ2n) is 9.54. The Hall–Kier alpha value is -5.25. The number of aromatic nitrogens is 2. The summed E-state index contributed by atoms with van der Waals surface area (Å²) < 4.78 is 46.6. The standard InChI is InChI=1S/C31H24F2N4O4/c1-34-29(38)26-20-14-19(24(37(2)3)15-25(20)40-27(26)16-7-9-18(32)10-8-16)17-12-21(28(39-4)22(33)13-17)30-36-23-6-5-11-35-31(23)41-30/h5-15H,1-4H3,(H,34,38). The Morgan fingerprint density at radius 3 is 2.44 bits per heavy atom. The molecule has 0 spiro atoms. The second kappa shape index (κ2) is 10.1. The second-order valence-corrected chi connectivity index (χ2v) is 9.54. The number of rotatable bonds is 6. The Bertz CT molecular complexity index is 1910. The van der Waals surface area contributed by atoms with Gasteiger partial charge in [-0.15, -0.1) is 0 Å². The van der Waals surface area contributed by atoms with Crippen LogP contribution in [-0.2, 0) is 0 Å². The lowest BCUT2D eigenvalue weighted by Crippen LogP contribution is -2.18. The molecular formula is C31H24F2N4O4. The molecule has 1 N–H and O–H groups in total. The van der Waals surface area contributed by atoms with E-state index in [1.54, 1.807) is 48.7 Å². The van der Waals surface area contributed by atoms with Crippen molar-refractivity contribution < 1.29 is 27.1 Å². The summed E-state index contributed by atoms with van der Waals surface area (Å²) in [6.07, 6.45) is 1.58. The zero-order valence-corrected chi connectivity index (χ0v) is 22.6. The number of anilines is 1. The number of carbonyl (C=O) groups is 1. The maximum Gasteiger partial charge on any atom is 0.255 e. The maximum absolute atomic E-state index is 15.6. The van der Waals surface area contributed by atoms with E-state index in [1.165, 1.54) is 32.4 Å². The summed E-state index contributed by atoms with van der Waals surface area (Å²) in [4.78, 5) is 23.6. The molecule has 0 unspecified atom stereocenters. The van der Waals surface area contributed by atoms with Crippen molar-refractivity contribution in [3.8, 4) is 39.7 Å². The van der Waals surface area contributed by atoms with E-state index in [0.29, 0.717) is 55.9 Å². The Balaban J connectivity index is 1.61. The van der Waals surface area contributed by atoms with Gasteiger partial charge in [-0.05, 0) is 60.2 Å². The molecule has 6 aromatic rings. The average molecular weight is 555 g/mol. The van der Waals surface area contributed by atoms with Gasteiger partial charge in [-0.25, -0.2) is 18.7 Å². The molecule has 3 aromatic heterocycles. The highest BCUT2D eigenvalue weighted by molar-refractivity contribution is 6.13. The third-order valence-corrected chi connectivity index (χ3v) is 6.80. The smallest absolute Gasteiger partial charge is 0.255 e. The van der Waals surface area contributed by atoms with Gasteiger partial charge in [-0.1, -0.05) is 0 Å². The van der Waals surface area contributed by atoms with Crippen LogP contribution in [0.2, 0.25) is 0 Å². The van der Waals surface area contributed by atoms with Gasteiger partial charge in [0.1, 0.15) is 22.7 Å². The molecule has 10 heteroatoms. The van der Waals surface area contributed by atoms with E-state index in [0.717, 1.165) is 0 Å². The van der Waals surface area contributed by atoms with Gasteiger partial charge in [0, 0.05) is 55.6 Å². The van der Waals surface area contributed by atoms with E-state index in [9.17, 15) is 9.18 Å². The first-order valence-electron chi connectivity index (χ1n) is 12.6. The minimum Gasteiger partial charge on any atom is -0.493 e. The summed E-state index contributed by atoms with van der Waals surface area (Å²) in [7, 11) is 6.59. The molecule has 0 aliphatic carbocycles. The van der Waals surface area contributed by atoms with Gasteiger partial charge in [0.25, 0.3) is 5.91 Å². The zero-order chi connectivity index (χ0) is 28.8. The van der Waals surface area contributed by atoms with Crippen molar-refractivity contribution in [1.82, 2.24) is 15.3 Å². The number of halogens is 2. The quantitative estimate of drug-likeness (QED) is 0.245. The number of carbonyl (C=O) groups excluding carboxylic acids is 1. The maximum atomic E-state index is 15.6. The zero-order valence-electron chi connectivity index (χ0n) is 22.6. The molecule has 0 saturated carbocycles. The summed E-state index contributed by atoms with van der Waals surface area (Å²) in [6.45, 7) is 0. The molecule has 0 radical (unpaired) electrons. The van der Waals surface area contributed by atoms with Crippen LogP contribution >= 0.6 is 0 Å². The summed E-state index contributed by atoms with van der Waals surface area (Å²) in [5.74, 6) is -0.993. The van der Waals surface area contributed by atoms with Gasteiger partial charge in [0.2, 0.25) is 11.6 Å². The monoisotopic (exact) mass is 554 g/mol. The Kier molecular flexibility index (Phi) is 6.37. The van der Waals surface area contributed by atoms with Crippen LogP contribution in [0.3, 0.4) is 0 Å². The highest BCUT2D eigenvalue weighted by Gasteiger charge is 2.25. The molecule has 0 aliphatic rings. The van der Waals surface area contributed by atoms with Gasteiger partial charge in [-0.3, -0.25) is 4.79 Å². The highest BCUT2D eigenvalue weighted by Crippen LogP contribution is 2.43. The molecule has 0 atom stereocenters. The van der Waals surface area contributed by atoms with Crippen LogP contribution in [0.15, 0.2) is 75.7 Å². The number of amides is 1. The number of benzene rings is 3. The lowest BCUT2D eigenvalue weighted by atomic mass is 9.96. The van der Waals surface area contributed by atoms with Crippen LogP contribution in [0.1, 0.15) is 10.4 Å². The number of nitrogens with zero attached hydrogens (tertiary/aromatic N) is 3. The number of pyridine rings is 1. The normalized spacial score (nSPS) is 11.3. The minimum absolute atomic E-state index is 0.0271. The van der Waals surface area contributed by atoms with E-state index < -0.39 is 11.6 Å². The molecule has 41 heavy (non-hydrogen) atoms. The molecular weight excluding hydrogens is 530 g/mol. The molecule has 0 bridgehead atoms. The van der Waals surface area contributed by atoms with Crippen molar-refractivity contribution in [2.45, 2.75) is 0 Å². The van der Waals surface area contributed by atoms with Gasteiger partial charge in [-0.2, -0.15) is 0 Å². The summed E-state index contributed by atoms with van der Waals surface area (Å²) in [6, 6.07) is 15.8. The van der Waals surface area contributed by atoms with Crippen molar-refractivity contribution in [2.24, 2.45) is 0 Å². The number of furan rings is 1. The van der Waals surface area contributed by atoms with Gasteiger partial charge in [0.15, 0.2) is 11.6 Å². The molecule has 206 valence electrons. The Morgan fingerprint density at radius 2 is 1.76 bits per heavy atom. The van der Waals surface area contributed by atoms with E-state index in [1.807, 2.05) is 19.0 Å².